The van der Waals surface area contributed by atoms with Crippen LogP contribution in [0.4, 0.5) is 0 Å². The van der Waals surface area contributed by atoms with E-state index in [1.807, 2.05) is 108 Å². The Morgan fingerprint density at radius 1 is 0.400 bits per heavy atom. The maximum absolute atomic E-state index is 6.20. The Morgan fingerprint density at radius 2 is 0.940 bits per heavy atom. The van der Waals surface area contributed by atoms with E-state index in [9.17, 15) is 0 Å². The van der Waals surface area contributed by atoms with Gasteiger partial charge in [0.25, 0.3) is 0 Å². The Morgan fingerprint density at radius 3 is 1.60 bits per heavy atom. The molecule has 0 amide bonds. The highest BCUT2D eigenvalue weighted by atomic mass is 16.3. The van der Waals surface area contributed by atoms with E-state index in [4.69, 9.17) is 29.3 Å². The van der Waals surface area contributed by atoms with E-state index in [2.05, 4.69) is 54.6 Å². The SMILES string of the molecule is c1ccc(-c2cccc(-c3nc(-c4cccc(-c5ccccc5)c4)nc(-n4c5ccccc5c5nc6c(nc54)oc4ccccc46)n3)c2)cc1. The lowest BCUT2D eigenvalue weighted by atomic mass is 10.0. The van der Waals surface area contributed by atoms with Gasteiger partial charge in [-0.1, -0.05) is 127 Å². The minimum atomic E-state index is 0.441. The van der Waals surface area contributed by atoms with Crippen molar-refractivity contribution in [2.45, 2.75) is 0 Å². The zero-order chi connectivity index (χ0) is 33.0. The number of benzene rings is 6. The summed E-state index contributed by atoms with van der Waals surface area (Å²) in [5, 5.41) is 1.87. The van der Waals surface area contributed by atoms with Crippen molar-refractivity contribution >= 4 is 44.3 Å². The second-order valence-electron chi connectivity index (χ2n) is 12.2. The van der Waals surface area contributed by atoms with Crippen LogP contribution in [-0.2, 0) is 0 Å². The highest BCUT2D eigenvalue weighted by Crippen LogP contribution is 2.35. The van der Waals surface area contributed by atoms with Crippen LogP contribution in [-0.4, -0.2) is 29.5 Å². The number of rotatable bonds is 5. The quantitative estimate of drug-likeness (QED) is 0.186. The summed E-state index contributed by atoms with van der Waals surface area (Å²) >= 11 is 0. The molecule has 7 nitrogen and oxygen atoms in total. The molecule has 234 valence electrons. The molecule has 7 heteroatoms. The molecule has 0 N–H and O–H groups in total. The Labute approximate surface area is 286 Å². The van der Waals surface area contributed by atoms with Gasteiger partial charge in [0.15, 0.2) is 17.3 Å². The molecule has 0 saturated carbocycles. The van der Waals surface area contributed by atoms with Crippen LogP contribution in [0.25, 0.3) is 95.2 Å². The number of nitrogens with zero attached hydrogens (tertiary/aromatic N) is 6. The van der Waals surface area contributed by atoms with Gasteiger partial charge in [-0.2, -0.15) is 15.0 Å². The van der Waals surface area contributed by atoms with Crippen molar-refractivity contribution in [2.75, 3.05) is 0 Å². The summed E-state index contributed by atoms with van der Waals surface area (Å²) in [5.41, 5.74) is 10.3. The van der Waals surface area contributed by atoms with E-state index < -0.39 is 0 Å². The first-order valence-electron chi connectivity index (χ1n) is 16.4. The highest BCUT2D eigenvalue weighted by Gasteiger charge is 2.22. The number of fused-ring (bicyclic) bond motifs is 6. The van der Waals surface area contributed by atoms with Gasteiger partial charge in [0.05, 0.1) is 5.52 Å². The minimum absolute atomic E-state index is 0.441. The van der Waals surface area contributed by atoms with E-state index in [0.717, 1.165) is 66.3 Å². The average molecular weight is 643 g/mol. The Hall–Kier alpha value is -6.99. The molecule has 0 aliphatic rings. The molecule has 0 aliphatic heterocycles. The Balaban J connectivity index is 1.24. The third-order valence-corrected chi connectivity index (χ3v) is 9.09. The molecule has 0 fully saturated rings. The van der Waals surface area contributed by atoms with Gasteiger partial charge in [0.2, 0.25) is 11.7 Å². The summed E-state index contributed by atoms with van der Waals surface area (Å²) in [6.07, 6.45) is 0. The fourth-order valence-electron chi connectivity index (χ4n) is 6.70. The van der Waals surface area contributed by atoms with Crippen molar-refractivity contribution in [3.05, 3.63) is 158 Å². The van der Waals surface area contributed by atoms with Crippen LogP contribution in [0.5, 0.6) is 0 Å². The molecule has 0 spiro atoms. The summed E-state index contributed by atoms with van der Waals surface area (Å²) < 4.78 is 8.18. The number of para-hydroxylation sites is 2. The van der Waals surface area contributed by atoms with Gasteiger partial charge in [-0.3, -0.25) is 4.57 Å². The summed E-state index contributed by atoms with van der Waals surface area (Å²) in [7, 11) is 0. The minimum Gasteiger partial charge on any atom is -0.436 e. The molecule has 10 aromatic rings. The van der Waals surface area contributed by atoms with Crippen LogP contribution >= 0.6 is 0 Å². The monoisotopic (exact) mass is 642 g/mol. The number of furan rings is 1. The van der Waals surface area contributed by atoms with Gasteiger partial charge in [-0.25, -0.2) is 9.97 Å². The van der Waals surface area contributed by atoms with Crippen molar-refractivity contribution in [1.29, 1.82) is 0 Å². The number of aromatic nitrogens is 6. The highest BCUT2D eigenvalue weighted by molar-refractivity contribution is 6.10. The lowest BCUT2D eigenvalue weighted by Gasteiger charge is -2.12. The van der Waals surface area contributed by atoms with Gasteiger partial charge < -0.3 is 4.42 Å². The average Bonchev–Trinajstić information content (AvgIpc) is 3.72. The van der Waals surface area contributed by atoms with Gasteiger partial charge in [0.1, 0.15) is 16.6 Å². The Bertz CT molecular complexity index is 2780. The van der Waals surface area contributed by atoms with Crippen molar-refractivity contribution < 1.29 is 4.42 Å². The van der Waals surface area contributed by atoms with Gasteiger partial charge in [-0.05, 0) is 52.6 Å². The lowest BCUT2D eigenvalue weighted by molar-refractivity contribution is 0.654. The van der Waals surface area contributed by atoms with Crippen LogP contribution in [0.3, 0.4) is 0 Å². The Kier molecular flexibility index (Phi) is 6.35. The van der Waals surface area contributed by atoms with E-state index in [-0.39, 0.29) is 0 Å². The van der Waals surface area contributed by atoms with E-state index in [1.165, 1.54) is 0 Å². The molecule has 0 aliphatic carbocycles. The van der Waals surface area contributed by atoms with Crippen LogP contribution < -0.4 is 0 Å². The smallest absolute Gasteiger partial charge is 0.248 e. The van der Waals surface area contributed by atoms with Crippen molar-refractivity contribution in [3.8, 4) is 51.0 Å². The van der Waals surface area contributed by atoms with Crippen LogP contribution in [0.15, 0.2) is 162 Å². The zero-order valence-corrected chi connectivity index (χ0v) is 26.6. The predicted molar refractivity (Wildman–Crippen MR) is 199 cm³/mol. The zero-order valence-electron chi connectivity index (χ0n) is 26.6. The molecule has 4 aromatic heterocycles. The third kappa shape index (κ3) is 4.64. The topological polar surface area (TPSA) is 82.5 Å². The second-order valence-corrected chi connectivity index (χ2v) is 12.2. The largest absolute Gasteiger partial charge is 0.436 e. The molecule has 6 aromatic carbocycles. The molecule has 0 bridgehead atoms. The number of hydrogen-bond donors (Lipinski definition) is 0. The first-order valence-corrected chi connectivity index (χ1v) is 16.4. The van der Waals surface area contributed by atoms with Crippen molar-refractivity contribution in [3.63, 3.8) is 0 Å². The van der Waals surface area contributed by atoms with Crippen molar-refractivity contribution in [2.24, 2.45) is 0 Å². The molecule has 4 heterocycles. The number of hydrogen-bond acceptors (Lipinski definition) is 6. The van der Waals surface area contributed by atoms with Crippen LogP contribution in [0.1, 0.15) is 0 Å². The fourth-order valence-corrected chi connectivity index (χ4v) is 6.70. The maximum atomic E-state index is 6.20. The summed E-state index contributed by atoms with van der Waals surface area (Å²) in [6, 6.07) is 53.3. The first-order chi connectivity index (χ1) is 24.8. The molecular formula is C43H26N6O. The van der Waals surface area contributed by atoms with E-state index >= 15 is 0 Å². The normalized spacial score (nSPS) is 11.6. The summed E-state index contributed by atoms with van der Waals surface area (Å²) in [5.74, 6) is 1.55. The van der Waals surface area contributed by atoms with E-state index in [1.54, 1.807) is 0 Å². The van der Waals surface area contributed by atoms with Crippen molar-refractivity contribution in [1.82, 2.24) is 29.5 Å². The fraction of sp³-hybridized carbons (Fsp3) is 0. The predicted octanol–water partition coefficient (Wildman–Crippen LogP) is 10.3. The molecule has 0 saturated heterocycles. The third-order valence-electron chi connectivity index (χ3n) is 9.09. The van der Waals surface area contributed by atoms with Gasteiger partial charge in [0, 0.05) is 21.9 Å². The molecule has 0 unspecified atom stereocenters. The first kappa shape index (κ1) is 28.1. The summed E-state index contributed by atoms with van der Waals surface area (Å²) in [4.78, 5) is 25.6. The second kappa shape index (κ2) is 11.3. The molecular weight excluding hydrogens is 617 g/mol. The van der Waals surface area contributed by atoms with Gasteiger partial charge >= 0.3 is 0 Å². The molecule has 50 heavy (non-hydrogen) atoms. The molecule has 10 rings (SSSR count). The van der Waals surface area contributed by atoms with Crippen LogP contribution in [0.2, 0.25) is 0 Å². The molecule has 0 radical (unpaired) electrons. The van der Waals surface area contributed by atoms with Crippen LogP contribution in [0, 0.1) is 0 Å². The summed E-state index contributed by atoms with van der Waals surface area (Å²) in [6.45, 7) is 0. The maximum Gasteiger partial charge on any atom is 0.248 e. The van der Waals surface area contributed by atoms with E-state index in [0.29, 0.717) is 29.0 Å². The van der Waals surface area contributed by atoms with Gasteiger partial charge in [-0.15, -0.1) is 0 Å². The molecule has 0 atom stereocenters. The lowest BCUT2D eigenvalue weighted by Crippen LogP contribution is -2.07. The standard InChI is InChI=1S/C43H26N6O/c1-3-13-27(14-4-1)29-17-11-19-31(25-29)39-45-40(32-20-12-18-30(26-32)28-15-5-2-6-16-28)47-43(46-39)49-35-23-9-7-21-33(35)37-41(49)48-42-38(44-37)34-22-8-10-24-36(34)50-42/h1-26H.